The summed E-state index contributed by atoms with van der Waals surface area (Å²) >= 11 is 0. The van der Waals surface area contributed by atoms with Gasteiger partial charge in [-0.05, 0) is 76.5 Å². The number of nitrogens with one attached hydrogen (secondary N) is 4. The number of piperazine rings is 1. The lowest BCUT2D eigenvalue weighted by molar-refractivity contribution is -0.172. The standard InChI is InChI=1S/C29H50F2N6O4/c1-3-40-29(39)35-20-10-13-36(14-11-20)27(38)23-9-6-21(16-18(23)2)34-25-26-33-17-24(37(26)15-12-32-25)19-4-7-22(8-5-19)41-28(30)31/h18-26,28,32-34H,3-17H2,1-2H3,(H,35,39). The van der Waals surface area contributed by atoms with Crippen molar-refractivity contribution in [1.82, 2.24) is 31.1 Å². The summed E-state index contributed by atoms with van der Waals surface area (Å²) in [4.78, 5) is 29.7. The van der Waals surface area contributed by atoms with E-state index >= 15 is 0 Å². The largest absolute Gasteiger partial charge is 0.450 e. The number of nitrogens with zero attached hydrogens (tertiary/aromatic N) is 2. The summed E-state index contributed by atoms with van der Waals surface area (Å²) < 4.78 is 35.0. The van der Waals surface area contributed by atoms with Crippen LogP contribution in [0.15, 0.2) is 0 Å². The summed E-state index contributed by atoms with van der Waals surface area (Å²) in [6, 6.07) is 0.855. The lowest BCUT2D eigenvalue weighted by Crippen LogP contribution is -2.67. The van der Waals surface area contributed by atoms with Crippen LogP contribution in [0.5, 0.6) is 0 Å². The first-order valence-electron chi connectivity index (χ1n) is 16.0. The Morgan fingerprint density at radius 2 is 1.73 bits per heavy atom. The van der Waals surface area contributed by atoms with Crippen LogP contribution >= 0.6 is 0 Å². The molecule has 3 aliphatic heterocycles. The Bertz CT molecular complexity index is 870. The van der Waals surface area contributed by atoms with Crippen LogP contribution in [-0.2, 0) is 14.3 Å². The number of hydrogen-bond donors (Lipinski definition) is 4. The van der Waals surface area contributed by atoms with Crippen molar-refractivity contribution in [2.24, 2.45) is 17.8 Å². The minimum Gasteiger partial charge on any atom is -0.450 e. The van der Waals surface area contributed by atoms with Gasteiger partial charge in [-0.2, -0.15) is 8.78 Å². The van der Waals surface area contributed by atoms with Crippen LogP contribution in [0.3, 0.4) is 0 Å². The van der Waals surface area contributed by atoms with Gasteiger partial charge in [-0.15, -0.1) is 0 Å². The molecule has 2 saturated carbocycles. The highest BCUT2D eigenvalue weighted by atomic mass is 19.3. The van der Waals surface area contributed by atoms with Crippen molar-refractivity contribution in [2.75, 3.05) is 39.3 Å². The van der Waals surface area contributed by atoms with Crippen molar-refractivity contribution < 1.29 is 27.8 Å². The predicted molar refractivity (Wildman–Crippen MR) is 150 cm³/mol. The smallest absolute Gasteiger partial charge is 0.407 e. The Kier molecular flexibility index (Phi) is 10.7. The first-order valence-corrected chi connectivity index (χ1v) is 16.0. The third kappa shape index (κ3) is 7.68. The summed E-state index contributed by atoms with van der Waals surface area (Å²) in [5, 5.41) is 14.2. The first-order chi connectivity index (χ1) is 19.8. The third-order valence-electron chi connectivity index (χ3n) is 10.2. The molecular formula is C29H50F2N6O4. The fraction of sp³-hybridized carbons (Fsp3) is 0.931. The second-order valence-corrected chi connectivity index (χ2v) is 12.7. The highest BCUT2D eigenvalue weighted by Crippen LogP contribution is 2.36. The van der Waals surface area contributed by atoms with Crippen molar-refractivity contribution in [3.05, 3.63) is 0 Å². The van der Waals surface area contributed by atoms with Gasteiger partial charge in [0, 0.05) is 56.8 Å². The van der Waals surface area contributed by atoms with Gasteiger partial charge < -0.3 is 19.7 Å². The van der Waals surface area contributed by atoms with E-state index in [4.69, 9.17) is 9.47 Å². The summed E-state index contributed by atoms with van der Waals surface area (Å²) in [5.41, 5.74) is 0. The van der Waals surface area contributed by atoms with E-state index in [1.165, 1.54) is 0 Å². The maximum absolute atomic E-state index is 13.4. The zero-order valence-corrected chi connectivity index (χ0v) is 24.7. The van der Waals surface area contributed by atoms with Gasteiger partial charge in [0.15, 0.2) is 0 Å². The van der Waals surface area contributed by atoms with Gasteiger partial charge in [0.2, 0.25) is 5.91 Å². The van der Waals surface area contributed by atoms with E-state index in [2.05, 4.69) is 33.1 Å². The van der Waals surface area contributed by atoms with Crippen LogP contribution in [0.2, 0.25) is 0 Å². The van der Waals surface area contributed by atoms with E-state index in [0.29, 0.717) is 56.5 Å². The quantitative estimate of drug-likeness (QED) is 0.345. The number of carbonyl (C=O) groups excluding carboxylic acids is 2. The van der Waals surface area contributed by atoms with Gasteiger partial charge in [-0.1, -0.05) is 6.92 Å². The van der Waals surface area contributed by atoms with E-state index in [0.717, 1.165) is 64.6 Å². The van der Waals surface area contributed by atoms with Crippen LogP contribution in [-0.4, -0.2) is 104 Å². The molecule has 3 heterocycles. The molecule has 6 unspecified atom stereocenters. The average Bonchev–Trinajstić information content (AvgIpc) is 3.39. The van der Waals surface area contributed by atoms with Crippen LogP contribution in [0.25, 0.3) is 0 Å². The zero-order valence-electron chi connectivity index (χ0n) is 24.7. The second-order valence-electron chi connectivity index (χ2n) is 12.7. The number of fused-ring (bicyclic) bond motifs is 1. The number of piperidine rings is 1. The molecule has 6 atom stereocenters. The van der Waals surface area contributed by atoms with Gasteiger partial charge in [0.05, 0.1) is 25.0 Å². The van der Waals surface area contributed by atoms with E-state index in [-0.39, 0.29) is 42.4 Å². The average molecular weight is 585 g/mol. The van der Waals surface area contributed by atoms with Crippen LogP contribution in [0, 0.1) is 17.8 Å². The lowest BCUT2D eigenvalue weighted by Gasteiger charge is -2.45. The molecule has 0 radical (unpaired) electrons. The highest BCUT2D eigenvalue weighted by molar-refractivity contribution is 5.79. The molecule has 234 valence electrons. The minimum atomic E-state index is -2.68. The molecule has 2 aliphatic carbocycles. The first kappa shape index (κ1) is 30.8. The number of likely N-dealkylation sites (tertiary alicyclic amines) is 1. The monoisotopic (exact) mass is 584 g/mol. The van der Waals surface area contributed by atoms with Gasteiger partial charge in [0.1, 0.15) is 0 Å². The molecule has 0 bridgehead atoms. The number of alkyl carbamates (subject to hydrolysis) is 1. The molecule has 5 aliphatic rings. The summed E-state index contributed by atoms with van der Waals surface area (Å²) in [5.74, 6) is 1.13. The fourth-order valence-electron chi connectivity index (χ4n) is 8.09. The SMILES string of the molecule is CCOC(=O)NC1CCN(C(=O)C2CCC(NC3NCCN4C(C5CCC(OC(F)F)CC5)CNC34)CC2C)CC1. The normalized spacial score (nSPS) is 37.1. The molecule has 5 fully saturated rings. The number of carbonyl (C=O) groups is 2. The molecule has 0 aromatic heterocycles. The summed E-state index contributed by atoms with van der Waals surface area (Å²) in [6.45, 7) is 5.87. The Morgan fingerprint density at radius 1 is 0.976 bits per heavy atom. The summed E-state index contributed by atoms with van der Waals surface area (Å²) in [6.07, 6.45) is 7.34. The molecule has 10 nitrogen and oxygen atoms in total. The van der Waals surface area contributed by atoms with E-state index < -0.39 is 6.61 Å². The molecule has 0 aromatic rings. The number of halogens is 2. The van der Waals surface area contributed by atoms with Gasteiger partial charge >= 0.3 is 12.7 Å². The highest BCUT2D eigenvalue weighted by Gasteiger charge is 2.45. The van der Waals surface area contributed by atoms with Gasteiger partial charge in [-0.3, -0.25) is 25.6 Å². The number of amides is 2. The van der Waals surface area contributed by atoms with Crippen molar-refractivity contribution in [1.29, 1.82) is 0 Å². The number of hydrogen-bond acceptors (Lipinski definition) is 8. The second kappa shape index (κ2) is 14.2. The predicted octanol–water partition coefficient (Wildman–Crippen LogP) is 2.45. The Morgan fingerprint density at radius 3 is 2.41 bits per heavy atom. The van der Waals surface area contributed by atoms with Gasteiger partial charge in [-0.25, -0.2) is 4.79 Å². The van der Waals surface area contributed by atoms with Crippen LogP contribution < -0.4 is 21.3 Å². The van der Waals surface area contributed by atoms with Crippen molar-refractivity contribution >= 4 is 12.0 Å². The third-order valence-corrected chi connectivity index (χ3v) is 10.2. The molecule has 12 heteroatoms. The molecular weight excluding hydrogens is 534 g/mol. The topological polar surface area (TPSA) is 107 Å². The molecule has 0 spiro atoms. The van der Waals surface area contributed by atoms with E-state index in [1.807, 2.05) is 4.90 Å². The molecule has 0 aromatic carbocycles. The maximum Gasteiger partial charge on any atom is 0.407 e. The van der Waals surface area contributed by atoms with E-state index in [1.54, 1.807) is 6.92 Å². The maximum atomic E-state index is 13.4. The molecule has 2 amide bonds. The number of alkyl halides is 2. The van der Waals surface area contributed by atoms with E-state index in [9.17, 15) is 18.4 Å². The Balaban J connectivity index is 1.06. The molecule has 41 heavy (non-hydrogen) atoms. The van der Waals surface area contributed by atoms with Crippen molar-refractivity contribution in [3.63, 3.8) is 0 Å². The number of ether oxygens (including phenoxy) is 2. The van der Waals surface area contributed by atoms with Crippen molar-refractivity contribution in [3.8, 4) is 0 Å². The fourth-order valence-corrected chi connectivity index (χ4v) is 8.09. The summed E-state index contributed by atoms with van der Waals surface area (Å²) in [7, 11) is 0. The minimum absolute atomic E-state index is 0.0524. The van der Waals surface area contributed by atoms with Crippen molar-refractivity contribution in [2.45, 2.75) is 115 Å². The van der Waals surface area contributed by atoms with Crippen LogP contribution in [0.1, 0.15) is 71.6 Å². The zero-order chi connectivity index (χ0) is 28.9. The molecule has 5 rings (SSSR count). The molecule has 4 N–H and O–H groups in total. The Hall–Kier alpha value is -1.60. The Labute approximate surface area is 243 Å². The van der Waals surface area contributed by atoms with Crippen LogP contribution in [0.4, 0.5) is 13.6 Å². The molecule has 3 saturated heterocycles. The lowest BCUT2D eigenvalue weighted by atomic mass is 9.77. The number of rotatable bonds is 8. The van der Waals surface area contributed by atoms with Gasteiger partial charge in [0.25, 0.3) is 0 Å².